The number of piperidine rings is 1. The van der Waals surface area contributed by atoms with Crippen LogP contribution in [0.3, 0.4) is 0 Å². The lowest BCUT2D eigenvalue weighted by Gasteiger charge is -2.38. The molecule has 1 aliphatic heterocycles. The molecule has 0 saturated carbocycles. The molecule has 1 aromatic carbocycles. The largest absolute Gasteiger partial charge is 0.445 e. The van der Waals surface area contributed by atoms with Crippen molar-refractivity contribution in [1.29, 1.82) is 0 Å². The van der Waals surface area contributed by atoms with E-state index in [1.54, 1.807) is 12.1 Å². The number of benzene rings is 1. The summed E-state index contributed by atoms with van der Waals surface area (Å²) >= 11 is 0. The van der Waals surface area contributed by atoms with E-state index in [-0.39, 0.29) is 32.0 Å². The first-order valence-electron chi connectivity index (χ1n) is 6.57. The minimum absolute atomic E-state index is 0.0685. The van der Waals surface area contributed by atoms with Gasteiger partial charge in [-0.05, 0) is 12.0 Å². The van der Waals surface area contributed by atoms with Crippen molar-refractivity contribution in [3.63, 3.8) is 0 Å². The zero-order chi connectivity index (χ0) is 14.6. The van der Waals surface area contributed by atoms with Gasteiger partial charge in [0.05, 0.1) is 6.54 Å². The first kappa shape index (κ1) is 14.7. The number of ether oxygens (including phenoxy) is 1. The minimum Gasteiger partial charge on any atom is -0.445 e. The Kier molecular flexibility index (Phi) is 4.54. The summed E-state index contributed by atoms with van der Waals surface area (Å²) < 4.78 is 31.9. The van der Waals surface area contributed by atoms with Crippen molar-refractivity contribution in [1.82, 2.24) is 4.90 Å². The molecule has 2 rings (SSSR count). The molecule has 0 radical (unpaired) electrons. The maximum Gasteiger partial charge on any atom is 0.410 e. The Bertz CT molecular complexity index is 454. The lowest BCUT2D eigenvalue weighted by Crippen LogP contribution is -2.54. The molecule has 0 aromatic heterocycles. The second-order valence-corrected chi connectivity index (χ2v) is 4.95. The third kappa shape index (κ3) is 3.66. The lowest BCUT2D eigenvalue weighted by molar-refractivity contribution is -0.0766. The van der Waals surface area contributed by atoms with E-state index in [9.17, 15) is 13.6 Å². The van der Waals surface area contributed by atoms with Gasteiger partial charge in [-0.15, -0.1) is 0 Å². The smallest absolute Gasteiger partial charge is 0.410 e. The highest BCUT2D eigenvalue weighted by Crippen LogP contribution is 2.30. The van der Waals surface area contributed by atoms with Gasteiger partial charge in [0.25, 0.3) is 5.92 Å². The second kappa shape index (κ2) is 6.17. The number of nitrogens with zero attached hydrogens (tertiary/aromatic N) is 1. The van der Waals surface area contributed by atoms with Crippen molar-refractivity contribution in [2.45, 2.75) is 31.4 Å². The van der Waals surface area contributed by atoms with E-state index < -0.39 is 18.6 Å². The molecule has 0 aliphatic carbocycles. The van der Waals surface area contributed by atoms with Gasteiger partial charge in [-0.1, -0.05) is 30.3 Å². The summed E-state index contributed by atoms with van der Waals surface area (Å²) in [6, 6.07) is 8.72. The predicted octanol–water partition coefficient (Wildman–Crippen LogP) is 2.38. The topological polar surface area (TPSA) is 55.6 Å². The normalized spacial score (nSPS) is 21.6. The molecule has 1 fully saturated rings. The van der Waals surface area contributed by atoms with Gasteiger partial charge in [0.15, 0.2) is 0 Å². The Balaban J connectivity index is 1.95. The van der Waals surface area contributed by atoms with Crippen molar-refractivity contribution >= 4 is 6.09 Å². The Morgan fingerprint density at radius 1 is 1.40 bits per heavy atom. The highest BCUT2D eigenvalue weighted by Gasteiger charge is 2.42. The van der Waals surface area contributed by atoms with E-state index >= 15 is 0 Å². The highest BCUT2D eigenvalue weighted by molar-refractivity contribution is 5.68. The standard InChI is InChI=1S/C14H18F2N2O2/c15-14(16)7-6-12(8-17)18(10-14)13(19)20-9-11-4-2-1-3-5-11/h1-5,12H,6-10,17H2/t12-/m1/s1. The fourth-order valence-corrected chi connectivity index (χ4v) is 2.25. The van der Waals surface area contributed by atoms with E-state index in [1.807, 2.05) is 18.2 Å². The molecule has 0 spiro atoms. The number of nitrogens with two attached hydrogens (primary N) is 1. The van der Waals surface area contributed by atoms with Gasteiger partial charge in [0, 0.05) is 19.0 Å². The summed E-state index contributed by atoms with van der Waals surface area (Å²) in [6.45, 7) is -0.391. The molecule has 1 amide bonds. The van der Waals surface area contributed by atoms with Crippen molar-refractivity contribution in [3.05, 3.63) is 35.9 Å². The van der Waals surface area contributed by atoms with Crippen molar-refractivity contribution in [3.8, 4) is 0 Å². The first-order valence-corrected chi connectivity index (χ1v) is 6.57. The van der Waals surface area contributed by atoms with Gasteiger partial charge >= 0.3 is 6.09 Å². The Hall–Kier alpha value is -1.69. The second-order valence-electron chi connectivity index (χ2n) is 4.95. The molecular weight excluding hydrogens is 266 g/mol. The molecule has 20 heavy (non-hydrogen) atoms. The van der Waals surface area contributed by atoms with Crippen LogP contribution in [0.5, 0.6) is 0 Å². The number of rotatable bonds is 3. The molecule has 1 heterocycles. The summed E-state index contributed by atoms with van der Waals surface area (Å²) in [7, 11) is 0. The fraction of sp³-hybridized carbons (Fsp3) is 0.500. The molecule has 110 valence electrons. The lowest BCUT2D eigenvalue weighted by atomic mass is 10.00. The first-order chi connectivity index (χ1) is 9.52. The van der Waals surface area contributed by atoms with Crippen LogP contribution in [-0.4, -0.2) is 36.0 Å². The van der Waals surface area contributed by atoms with Gasteiger partial charge in [-0.3, -0.25) is 4.90 Å². The van der Waals surface area contributed by atoms with Crippen molar-refractivity contribution in [2.24, 2.45) is 5.73 Å². The number of hydrogen-bond acceptors (Lipinski definition) is 3. The number of likely N-dealkylation sites (tertiary alicyclic amines) is 1. The van der Waals surface area contributed by atoms with Crippen LogP contribution >= 0.6 is 0 Å². The molecule has 6 heteroatoms. The quantitative estimate of drug-likeness (QED) is 0.927. The Morgan fingerprint density at radius 2 is 2.10 bits per heavy atom. The molecule has 0 bridgehead atoms. The Labute approximate surface area is 116 Å². The van der Waals surface area contributed by atoms with E-state index in [0.29, 0.717) is 0 Å². The van der Waals surface area contributed by atoms with Crippen molar-refractivity contribution < 1.29 is 18.3 Å². The number of amides is 1. The minimum atomic E-state index is -2.86. The average molecular weight is 284 g/mol. The predicted molar refractivity (Wildman–Crippen MR) is 70.4 cm³/mol. The van der Waals surface area contributed by atoms with Gasteiger partial charge in [-0.25, -0.2) is 13.6 Å². The number of halogens is 2. The van der Waals surface area contributed by atoms with Crippen LogP contribution in [0.2, 0.25) is 0 Å². The number of carbonyl (C=O) groups is 1. The summed E-state index contributed by atoms with van der Waals surface area (Å²) in [4.78, 5) is 13.0. The van der Waals surface area contributed by atoms with E-state index in [2.05, 4.69) is 0 Å². The van der Waals surface area contributed by atoms with E-state index in [1.165, 1.54) is 0 Å². The fourth-order valence-electron chi connectivity index (χ4n) is 2.25. The summed E-state index contributed by atoms with van der Waals surface area (Å²) in [5.74, 6) is -2.86. The van der Waals surface area contributed by atoms with Gasteiger partial charge in [-0.2, -0.15) is 0 Å². The zero-order valence-corrected chi connectivity index (χ0v) is 11.1. The molecule has 1 atom stereocenters. The van der Waals surface area contributed by atoms with E-state index in [4.69, 9.17) is 10.5 Å². The maximum atomic E-state index is 13.4. The molecule has 0 unspecified atom stereocenters. The molecule has 1 aromatic rings. The Morgan fingerprint density at radius 3 is 2.75 bits per heavy atom. The van der Waals surface area contributed by atoms with Crippen LogP contribution in [0, 0.1) is 0 Å². The maximum absolute atomic E-state index is 13.4. The molecule has 4 nitrogen and oxygen atoms in total. The summed E-state index contributed by atoms with van der Waals surface area (Å²) in [6.07, 6.45) is -0.773. The van der Waals surface area contributed by atoms with E-state index in [0.717, 1.165) is 10.5 Å². The third-order valence-electron chi connectivity index (χ3n) is 3.40. The van der Waals surface area contributed by atoms with Crippen LogP contribution in [0.15, 0.2) is 30.3 Å². The summed E-state index contributed by atoms with van der Waals surface area (Å²) in [5, 5.41) is 0. The zero-order valence-electron chi connectivity index (χ0n) is 11.1. The monoisotopic (exact) mass is 284 g/mol. The number of hydrogen-bond donors (Lipinski definition) is 1. The molecule has 1 saturated heterocycles. The van der Waals surface area contributed by atoms with Gasteiger partial charge in [0.1, 0.15) is 6.61 Å². The van der Waals surface area contributed by atoms with Gasteiger partial charge < -0.3 is 10.5 Å². The van der Waals surface area contributed by atoms with Crippen LogP contribution in [0.25, 0.3) is 0 Å². The van der Waals surface area contributed by atoms with Crippen molar-refractivity contribution in [2.75, 3.05) is 13.1 Å². The average Bonchev–Trinajstić information content (AvgIpc) is 2.45. The number of alkyl halides is 2. The number of carbonyl (C=O) groups excluding carboxylic acids is 1. The van der Waals surface area contributed by atoms with Crippen LogP contribution in [0.1, 0.15) is 18.4 Å². The van der Waals surface area contributed by atoms with Crippen LogP contribution in [-0.2, 0) is 11.3 Å². The molecular formula is C14H18F2N2O2. The van der Waals surface area contributed by atoms with Crippen LogP contribution in [0.4, 0.5) is 13.6 Å². The molecule has 1 aliphatic rings. The van der Waals surface area contributed by atoms with Gasteiger partial charge in [0.2, 0.25) is 0 Å². The highest BCUT2D eigenvalue weighted by atomic mass is 19.3. The molecule has 2 N–H and O–H groups in total. The third-order valence-corrected chi connectivity index (χ3v) is 3.40. The summed E-state index contributed by atoms with van der Waals surface area (Å²) in [5.41, 5.74) is 6.35. The SMILES string of the molecule is NC[C@H]1CCC(F)(F)CN1C(=O)OCc1ccccc1. The van der Waals surface area contributed by atoms with Crippen LogP contribution < -0.4 is 5.73 Å².